The number of carbonyl (C=O) groups is 1. The van der Waals surface area contributed by atoms with Crippen molar-refractivity contribution in [1.29, 1.82) is 0 Å². The lowest BCUT2D eigenvalue weighted by atomic mass is 10.1. The zero-order chi connectivity index (χ0) is 25.1. The third kappa shape index (κ3) is 4.59. The fourth-order valence-electron chi connectivity index (χ4n) is 4.97. The van der Waals surface area contributed by atoms with Gasteiger partial charge in [0.15, 0.2) is 11.5 Å². The number of fused-ring (bicyclic) bond motifs is 1. The van der Waals surface area contributed by atoms with Gasteiger partial charge in [-0.3, -0.25) is 4.79 Å². The molecule has 0 bridgehead atoms. The van der Waals surface area contributed by atoms with Crippen molar-refractivity contribution >= 4 is 28.7 Å². The molecule has 1 unspecified atom stereocenters. The smallest absolute Gasteiger partial charge is 0.227 e. The second-order valence-corrected chi connectivity index (χ2v) is 9.06. The van der Waals surface area contributed by atoms with Crippen LogP contribution in [0.15, 0.2) is 72.8 Å². The van der Waals surface area contributed by atoms with E-state index in [0.717, 1.165) is 33.7 Å². The van der Waals surface area contributed by atoms with Gasteiger partial charge < -0.3 is 18.9 Å². The van der Waals surface area contributed by atoms with Crippen LogP contribution in [0.5, 0.6) is 11.5 Å². The zero-order valence-corrected chi connectivity index (χ0v) is 21.0. The number of para-hydroxylation sites is 3. The van der Waals surface area contributed by atoms with E-state index in [2.05, 4.69) is 10.6 Å². The number of methoxy groups -OCH3 is 1. The molecule has 1 aromatic heterocycles. The molecule has 6 heteroatoms. The van der Waals surface area contributed by atoms with Crippen LogP contribution in [-0.2, 0) is 11.3 Å². The first-order chi connectivity index (χ1) is 17.6. The maximum absolute atomic E-state index is 13.0. The lowest BCUT2D eigenvalue weighted by molar-refractivity contribution is -0.117. The predicted octanol–water partition coefficient (Wildman–Crippen LogP) is 5.99. The second kappa shape index (κ2) is 10.3. The fraction of sp³-hybridized carbons (Fsp3) is 0.267. The van der Waals surface area contributed by atoms with E-state index >= 15 is 0 Å². The van der Waals surface area contributed by atoms with Crippen molar-refractivity contribution in [3.05, 3.63) is 89.8 Å². The van der Waals surface area contributed by atoms with Crippen molar-refractivity contribution in [3.8, 4) is 11.5 Å². The Hall–Kier alpha value is -4.06. The number of hydrogen-bond acceptors (Lipinski definition) is 4. The lowest BCUT2D eigenvalue weighted by Gasteiger charge is -2.19. The molecule has 1 amide bonds. The van der Waals surface area contributed by atoms with Crippen LogP contribution in [-0.4, -0.2) is 35.7 Å². The predicted molar refractivity (Wildman–Crippen MR) is 144 cm³/mol. The summed E-state index contributed by atoms with van der Waals surface area (Å²) in [6, 6.07) is 22.1. The van der Waals surface area contributed by atoms with Crippen LogP contribution in [0.1, 0.15) is 36.2 Å². The first-order valence-corrected chi connectivity index (χ1v) is 12.3. The summed E-state index contributed by atoms with van der Waals surface area (Å²) in [5, 5.41) is 0. The topological polar surface area (TPSA) is 56.6 Å². The van der Waals surface area contributed by atoms with Gasteiger partial charge in [-0.25, -0.2) is 4.98 Å². The highest BCUT2D eigenvalue weighted by atomic mass is 16.5. The average molecular weight is 482 g/mol. The Morgan fingerprint density at radius 1 is 1.06 bits per heavy atom. The standard InChI is InChI=1S/C30H31N3O3/c1-4-9-22-14-15-27(28(18-22)35-3)36-17-16-32-26-13-8-6-11-24(26)31-30(32)23-19-29(34)33(20-23)25-12-7-5-10-21(25)2/h4-15,18,23H,16-17,19-20H2,1-3H3. The molecule has 0 aliphatic carbocycles. The number of benzene rings is 3. The Balaban J connectivity index is 1.39. The van der Waals surface area contributed by atoms with Crippen molar-refractivity contribution in [2.45, 2.75) is 32.7 Å². The number of imidazole rings is 1. The Bertz CT molecular complexity index is 1420. The maximum atomic E-state index is 13.0. The molecular formula is C30H31N3O3. The summed E-state index contributed by atoms with van der Waals surface area (Å²) in [5.41, 5.74) is 5.12. The van der Waals surface area contributed by atoms with E-state index in [-0.39, 0.29) is 11.8 Å². The van der Waals surface area contributed by atoms with Gasteiger partial charge in [0.2, 0.25) is 5.91 Å². The highest BCUT2D eigenvalue weighted by molar-refractivity contribution is 5.97. The molecule has 1 saturated heterocycles. The van der Waals surface area contributed by atoms with Gasteiger partial charge in [0.05, 0.1) is 24.7 Å². The minimum absolute atomic E-state index is 0.0131. The van der Waals surface area contributed by atoms with Gasteiger partial charge in [-0.15, -0.1) is 0 Å². The van der Waals surface area contributed by atoms with E-state index in [1.54, 1.807) is 7.11 Å². The summed E-state index contributed by atoms with van der Waals surface area (Å²) in [4.78, 5) is 19.9. The van der Waals surface area contributed by atoms with Crippen LogP contribution in [0.2, 0.25) is 0 Å². The first kappa shape index (κ1) is 23.7. The van der Waals surface area contributed by atoms with Crippen LogP contribution < -0.4 is 14.4 Å². The minimum atomic E-state index is 0.0131. The van der Waals surface area contributed by atoms with E-state index in [9.17, 15) is 4.79 Å². The number of anilines is 1. The summed E-state index contributed by atoms with van der Waals surface area (Å²) in [5.74, 6) is 2.49. The Morgan fingerprint density at radius 3 is 2.67 bits per heavy atom. The highest BCUT2D eigenvalue weighted by Crippen LogP contribution is 2.34. The molecule has 1 fully saturated rings. The van der Waals surface area contributed by atoms with Crippen LogP contribution in [0.4, 0.5) is 5.69 Å². The van der Waals surface area contributed by atoms with Crippen LogP contribution >= 0.6 is 0 Å². The third-order valence-electron chi connectivity index (χ3n) is 6.70. The van der Waals surface area contributed by atoms with Crippen molar-refractivity contribution in [1.82, 2.24) is 9.55 Å². The maximum Gasteiger partial charge on any atom is 0.227 e. The van der Waals surface area contributed by atoms with E-state index < -0.39 is 0 Å². The lowest BCUT2D eigenvalue weighted by Crippen LogP contribution is -2.25. The monoisotopic (exact) mass is 481 g/mol. The molecule has 0 N–H and O–H groups in total. The minimum Gasteiger partial charge on any atom is -0.493 e. The Morgan fingerprint density at radius 2 is 1.86 bits per heavy atom. The van der Waals surface area contributed by atoms with Crippen molar-refractivity contribution in [3.63, 3.8) is 0 Å². The number of aromatic nitrogens is 2. The molecule has 1 aliphatic rings. The molecule has 5 rings (SSSR count). The van der Waals surface area contributed by atoms with E-state index in [1.165, 1.54) is 0 Å². The Labute approximate surface area is 211 Å². The number of hydrogen-bond donors (Lipinski definition) is 0. The second-order valence-electron chi connectivity index (χ2n) is 9.06. The van der Waals surface area contributed by atoms with Crippen molar-refractivity contribution in [2.75, 3.05) is 25.2 Å². The number of rotatable bonds is 8. The van der Waals surface area contributed by atoms with Gasteiger partial charge in [-0.05, 0) is 55.3 Å². The molecule has 36 heavy (non-hydrogen) atoms. The largest absolute Gasteiger partial charge is 0.493 e. The summed E-state index contributed by atoms with van der Waals surface area (Å²) >= 11 is 0. The summed E-state index contributed by atoms with van der Waals surface area (Å²) < 4.78 is 13.9. The number of carbonyl (C=O) groups excluding carboxylic acids is 1. The number of ether oxygens (including phenoxy) is 2. The quantitative estimate of drug-likeness (QED) is 0.310. The van der Waals surface area contributed by atoms with Crippen LogP contribution in [0.3, 0.4) is 0 Å². The van der Waals surface area contributed by atoms with Gasteiger partial charge in [0.25, 0.3) is 0 Å². The van der Waals surface area contributed by atoms with Gasteiger partial charge in [0, 0.05) is 24.6 Å². The van der Waals surface area contributed by atoms with Crippen molar-refractivity contribution < 1.29 is 14.3 Å². The molecule has 4 aromatic rings. The molecular weight excluding hydrogens is 450 g/mol. The molecule has 3 aromatic carbocycles. The average Bonchev–Trinajstić information content (AvgIpc) is 3.45. The van der Waals surface area contributed by atoms with Gasteiger partial charge >= 0.3 is 0 Å². The number of allylic oxidation sites excluding steroid dienone is 1. The highest BCUT2D eigenvalue weighted by Gasteiger charge is 2.35. The summed E-state index contributed by atoms with van der Waals surface area (Å²) in [6.07, 6.45) is 4.47. The van der Waals surface area contributed by atoms with Gasteiger partial charge in [0.1, 0.15) is 12.4 Å². The number of aryl methyl sites for hydroxylation is 1. The number of amides is 1. The molecule has 2 heterocycles. The third-order valence-corrected chi connectivity index (χ3v) is 6.70. The molecule has 0 radical (unpaired) electrons. The van der Waals surface area contributed by atoms with Crippen molar-refractivity contribution in [2.24, 2.45) is 0 Å². The van der Waals surface area contributed by atoms with E-state index in [0.29, 0.717) is 37.6 Å². The normalized spacial score (nSPS) is 15.8. The molecule has 1 atom stereocenters. The number of nitrogens with zero attached hydrogens (tertiary/aromatic N) is 3. The van der Waals surface area contributed by atoms with Gasteiger partial charge in [-0.1, -0.05) is 48.6 Å². The summed E-state index contributed by atoms with van der Waals surface area (Å²) in [7, 11) is 1.65. The van der Waals surface area contributed by atoms with E-state index in [4.69, 9.17) is 14.5 Å². The van der Waals surface area contributed by atoms with E-state index in [1.807, 2.05) is 91.6 Å². The molecule has 1 aliphatic heterocycles. The van der Waals surface area contributed by atoms with Crippen LogP contribution in [0, 0.1) is 6.92 Å². The molecule has 0 spiro atoms. The van der Waals surface area contributed by atoms with Gasteiger partial charge in [-0.2, -0.15) is 0 Å². The fourth-order valence-corrected chi connectivity index (χ4v) is 4.97. The molecule has 6 nitrogen and oxygen atoms in total. The Kier molecular flexibility index (Phi) is 6.76. The summed E-state index contributed by atoms with van der Waals surface area (Å²) in [6.45, 7) is 5.72. The molecule has 0 saturated carbocycles. The first-order valence-electron chi connectivity index (χ1n) is 12.3. The SMILES string of the molecule is CC=Cc1ccc(OCCn2c(C3CC(=O)N(c4ccccc4C)C3)nc3ccccc32)c(OC)c1. The molecule has 184 valence electrons. The van der Waals surface area contributed by atoms with Crippen LogP contribution in [0.25, 0.3) is 17.1 Å². The zero-order valence-electron chi connectivity index (χ0n) is 21.0.